The van der Waals surface area contributed by atoms with E-state index in [4.69, 9.17) is 4.74 Å². The summed E-state index contributed by atoms with van der Waals surface area (Å²) in [6.07, 6.45) is 3.32. The standard InChI is InChI=1S/C13H22N2O2/c1-15-8-5-11(10-3-6-14-7-4-10)12(9-15)13(16)17-2/h10,14H,3-9H2,1-2H3. The number of carbonyl (C=O) groups excluding carboxylic acids is 1. The minimum Gasteiger partial charge on any atom is -0.466 e. The second kappa shape index (κ2) is 5.65. The summed E-state index contributed by atoms with van der Waals surface area (Å²) < 4.78 is 4.92. The Morgan fingerprint density at radius 2 is 2.12 bits per heavy atom. The lowest BCUT2D eigenvalue weighted by Crippen LogP contribution is -2.36. The second-order valence-electron chi connectivity index (χ2n) is 5.01. The van der Waals surface area contributed by atoms with E-state index in [9.17, 15) is 4.79 Å². The first-order valence-corrected chi connectivity index (χ1v) is 6.42. The Kier molecular flexibility index (Phi) is 4.18. The SMILES string of the molecule is COC(=O)C1=C(C2CCNCC2)CCN(C)C1. The number of rotatable bonds is 2. The molecule has 2 aliphatic heterocycles. The van der Waals surface area contributed by atoms with Crippen molar-refractivity contribution >= 4 is 5.97 Å². The van der Waals surface area contributed by atoms with E-state index in [0.717, 1.165) is 51.0 Å². The van der Waals surface area contributed by atoms with Gasteiger partial charge >= 0.3 is 5.97 Å². The first-order chi connectivity index (χ1) is 8.22. The first-order valence-electron chi connectivity index (χ1n) is 6.42. The molecule has 0 bridgehead atoms. The fourth-order valence-electron chi connectivity index (χ4n) is 2.85. The van der Waals surface area contributed by atoms with Crippen LogP contribution >= 0.6 is 0 Å². The van der Waals surface area contributed by atoms with Gasteiger partial charge in [-0.1, -0.05) is 5.57 Å². The molecule has 1 N–H and O–H groups in total. The average Bonchev–Trinajstić information content (AvgIpc) is 2.38. The number of nitrogens with zero attached hydrogens (tertiary/aromatic N) is 1. The minimum absolute atomic E-state index is 0.134. The molecule has 0 saturated carbocycles. The van der Waals surface area contributed by atoms with Gasteiger partial charge in [-0.15, -0.1) is 0 Å². The molecule has 4 heteroatoms. The fraction of sp³-hybridized carbons (Fsp3) is 0.769. The molecule has 4 nitrogen and oxygen atoms in total. The third-order valence-corrected chi connectivity index (χ3v) is 3.84. The van der Waals surface area contributed by atoms with Gasteiger partial charge in [0, 0.05) is 13.1 Å². The molecule has 0 atom stereocenters. The highest BCUT2D eigenvalue weighted by Crippen LogP contribution is 2.30. The molecule has 0 amide bonds. The molecular formula is C13H22N2O2. The van der Waals surface area contributed by atoms with Crippen LogP contribution in [0, 0.1) is 5.92 Å². The number of piperidine rings is 1. The number of hydrogen-bond acceptors (Lipinski definition) is 4. The van der Waals surface area contributed by atoms with E-state index in [1.165, 1.54) is 12.7 Å². The number of hydrogen-bond donors (Lipinski definition) is 1. The van der Waals surface area contributed by atoms with Crippen molar-refractivity contribution in [3.05, 3.63) is 11.1 Å². The van der Waals surface area contributed by atoms with Gasteiger partial charge in [-0.2, -0.15) is 0 Å². The molecule has 0 spiro atoms. The molecular weight excluding hydrogens is 216 g/mol. The lowest BCUT2D eigenvalue weighted by atomic mass is 9.83. The summed E-state index contributed by atoms with van der Waals surface area (Å²) in [6.45, 7) is 3.93. The van der Waals surface area contributed by atoms with Crippen molar-refractivity contribution < 1.29 is 9.53 Å². The van der Waals surface area contributed by atoms with Crippen molar-refractivity contribution in [1.29, 1.82) is 0 Å². The third-order valence-electron chi connectivity index (χ3n) is 3.84. The maximum Gasteiger partial charge on any atom is 0.335 e. The van der Waals surface area contributed by atoms with Crippen molar-refractivity contribution in [2.45, 2.75) is 19.3 Å². The zero-order valence-electron chi connectivity index (χ0n) is 10.8. The summed E-state index contributed by atoms with van der Waals surface area (Å²) in [4.78, 5) is 14.0. The van der Waals surface area contributed by atoms with Crippen LogP contribution < -0.4 is 5.32 Å². The Hall–Kier alpha value is -0.870. The van der Waals surface area contributed by atoms with E-state index in [2.05, 4.69) is 17.3 Å². The van der Waals surface area contributed by atoms with E-state index in [-0.39, 0.29) is 5.97 Å². The highest BCUT2D eigenvalue weighted by atomic mass is 16.5. The summed E-state index contributed by atoms with van der Waals surface area (Å²) in [6, 6.07) is 0. The highest BCUT2D eigenvalue weighted by molar-refractivity contribution is 5.90. The van der Waals surface area contributed by atoms with E-state index in [1.54, 1.807) is 0 Å². The van der Waals surface area contributed by atoms with Crippen LogP contribution in [0.2, 0.25) is 0 Å². The summed E-state index contributed by atoms with van der Waals surface area (Å²) in [5, 5.41) is 3.37. The van der Waals surface area contributed by atoms with Gasteiger partial charge in [0.15, 0.2) is 0 Å². The fourth-order valence-corrected chi connectivity index (χ4v) is 2.85. The maximum atomic E-state index is 11.8. The van der Waals surface area contributed by atoms with E-state index in [1.807, 2.05) is 0 Å². The predicted molar refractivity (Wildman–Crippen MR) is 66.7 cm³/mol. The smallest absolute Gasteiger partial charge is 0.335 e. The summed E-state index contributed by atoms with van der Waals surface area (Å²) >= 11 is 0. The number of esters is 1. The van der Waals surface area contributed by atoms with Crippen molar-refractivity contribution in [1.82, 2.24) is 10.2 Å². The van der Waals surface area contributed by atoms with E-state index >= 15 is 0 Å². The van der Waals surface area contributed by atoms with Gasteiger partial charge in [0.1, 0.15) is 0 Å². The molecule has 1 fully saturated rings. The maximum absolute atomic E-state index is 11.8. The zero-order chi connectivity index (χ0) is 12.3. The third kappa shape index (κ3) is 2.87. The van der Waals surface area contributed by atoms with Crippen LogP contribution in [-0.2, 0) is 9.53 Å². The molecule has 0 aromatic rings. The summed E-state index contributed by atoms with van der Waals surface area (Å²) in [5.41, 5.74) is 2.27. The molecule has 0 aromatic carbocycles. The van der Waals surface area contributed by atoms with Crippen molar-refractivity contribution in [3.8, 4) is 0 Å². The van der Waals surface area contributed by atoms with Crippen LogP contribution in [0.15, 0.2) is 11.1 Å². The van der Waals surface area contributed by atoms with Crippen LogP contribution in [0.3, 0.4) is 0 Å². The highest BCUT2D eigenvalue weighted by Gasteiger charge is 2.28. The van der Waals surface area contributed by atoms with Crippen LogP contribution in [-0.4, -0.2) is 51.2 Å². The Bertz CT molecular complexity index is 319. The Morgan fingerprint density at radius 1 is 1.41 bits per heavy atom. The van der Waals surface area contributed by atoms with Gasteiger partial charge in [-0.25, -0.2) is 4.79 Å². The molecule has 0 radical (unpaired) electrons. The molecule has 0 unspecified atom stereocenters. The Balaban J connectivity index is 2.20. The predicted octanol–water partition coefficient (Wildman–Crippen LogP) is 0.791. The lowest BCUT2D eigenvalue weighted by Gasteiger charge is -2.33. The number of likely N-dealkylation sites (N-methyl/N-ethyl adjacent to an activating group) is 1. The molecule has 2 aliphatic rings. The zero-order valence-corrected chi connectivity index (χ0v) is 10.8. The van der Waals surface area contributed by atoms with Gasteiger partial charge in [-0.3, -0.25) is 0 Å². The molecule has 1 saturated heterocycles. The van der Waals surface area contributed by atoms with Crippen molar-refractivity contribution in [2.24, 2.45) is 5.92 Å². The van der Waals surface area contributed by atoms with Crippen molar-refractivity contribution in [2.75, 3.05) is 40.3 Å². The molecule has 2 rings (SSSR count). The molecule has 96 valence electrons. The number of carbonyl (C=O) groups is 1. The Morgan fingerprint density at radius 3 is 2.76 bits per heavy atom. The average molecular weight is 238 g/mol. The molecule has 0 aromatic heterocycles. The lowest BCUT2D eigenvalue weighted by molar-refractivity contribution is -0.136. The van der Waals surface area contributed by atoms with Crippen molar-refractivity contribution in [3.63, 3.8) is 0 Å². The summed E-state index contributed by atoms with van der Waals surface area (Å²) in [7, 11) is 3.53. The van der Waals surface area contributed by atoms with Gasteiger partial charge in [0.25, 0.3) is 0 Å². The number of ether oxygens (including phenoxy) is 1. The van der Waals surface area contributed by atoms with E-state index < -0.39 is 0 Å². The van der Waals surface area contributed by atoms with Crippen LogP contribution in [0.25, 0.3) is 0 Å². The molecule has 0 aliphatic carbocycles. The van der Waals surface area contributed by atoms with Crippen LogP contribution in [0.1, 0.15) is 19.3 Å². The summed E-state index contributed by atoms with van der Waals surface area (Å²) in [5.74, 6) is 0.448. The quantitative estimate of drug-likeness (QED) is 0.722. The topological polar surface area (TPSA) is 41.6 Å². The minimum atomic E-state index is -0.134. The largest absolute Gasteiger partial charge is 0.466 e. The second-order valence-corrected chi connectivity index (χ2v) is 5.01. The van der Waals surface area contributed by atoms with E-state index in [0.29, 0.717) is 5.92 Å². The normalized spacial score (nSPS) is 23.9. The van der Waals surface area contributed by atoms with Gasteiger partial charge in [-0.05, 0) is 45.3 Å². The van der Waals surface area contributed by atoms with Gasteiger partial charge in [0.05, 0.1) is 12.7 Å². The molecule has 2 heterocycles. The Labute approximate surface area is 103 Å². The number of methoxy groups -OCH3 is 1. The van der Waals surface area contributed by atoms with Crippen LogP contribution in [0.5, 0.6) is 0 Å². The van der Waals surface area contributed by atoms with Gasteiger partial charge < -0.3 is 15.0 Å². The monoisotopic (exact) mass is 238 g/mol. The molecule has 17 heavy (non-hydrogen) atoms. The van der Waals surface area contributed by atoms with Crippen LogP contribution in [0.4, 0.5) is 0 Å². The van der Waals surface area contributed by atoms with Gasteiger partial charge in [0.2, 0.25) is 0 Å². The first kappa shape index (κ1) is 12.6. The number of nitrogens with one attached hydrogen (secondary N) is 1.